The fraction of sp³-hybridized carbons (Fsp3) is 0. The van der Waals surface area contributed by atoms with Crippen LogP contribution in [0.25, 0.3) is 10.9 Å². The van der Waals surface area contributed by atoms with E-state index in [9.17, 15) is 10.1 Å². The Hall–Kier alpha value is -2.66. The zero-order chi connectivity index (χ0) is 14.8. The number of hydrogen-bond acceptors (Lipinski definition) is 4. The summed E-state index contributed by atoms with van der Waals surface area (Å²) in [6.07, 6.45) is 1.72. The van der Waals surface area contributed by atoms with E-state index in [1.807, 2.05) is 30.3 Å². The number of nitrogens with one attached hydrogen (secondary N) is 1. The summed E-state index contributed by atoms with van der Waals surface area (Å²) in [7, 11) is 0. The van der Waals surface area contributed by atoms with Crippen LogP contribution in [0.3, 0.4) is 0 Å². The van der Waals surface area contributed by atoms with Crippen molar-refractivity contribution in [2.45, 2.75) is 0 Å². The molecule has 0 fully saturated rings. The molecule has 3 rings (SSSR count). The van der Waals surface area contributed by atoms with Gasteiger partial charge < -0.3 is 5.32 Å². The van der Waals surface area contributed by atoms with Gasteiger partial charge in [0.05, 0.1) is 10.4 Å². The summed E-state index contributed by atoms with van der Waals surface area (Å²) in [5.41, 5.74) is 1.82. The largest absolute Gasteiger partial charge is 0.350 e. The first kappa shape index (κ1) is 13.3. The molecule has 0 radical (unpaired) electrons. The minimum atomic E-state index is -0.493. The van der Waals surface area contributed by atoms with Gasteiger partial charge in [0.2, 0.25) is 0 Å². The maximum Gasteiger partial charge on any atom is 0.311 e. The second-order valence-electron chi connectivity index (χ2n) is 4.43. The molecule has 5 nitrogen and oxygen atoms in total. The lowest BCUT2D eigenvalue weighted by Gasteiger charge is -2.08. The van der Waals surface area contributed by atoms with E-state index >= 15 is 0 Å². The first-order chi connectivity index (χ1) is 10.1. The van der Waals surface area contributed by atoms with Gasteiger partial charge in [-0.3, -0.25) is 15.1 Å². The molecule has 0 spiro atoms. The highest BCUT2D eigenvalue weighted by Gasteiger charge is 2.18. The summed E-state index contributed by atoms with van der Waals surface area (Å²) >= 11 is 5.89. The van der Waals surface area contributed by atoms with E-state index in [0.717, 1.165) is 16.6 Å². The number of hydrogen-bond donors (Lipinski definition) is 1. The van der Waals surface area contributed by atoms with Gasteiger partial charge in [-0.25, -0.2) is 0 Å². The molecule has 1 aromatic heterocycles. The van der Waals surface area contributed by atoms with E-state index in [2.05, 4.69) is 10.3 Å². The lowest BCUT2D eigenvalue weighted by molar-refractivity contribution is -0.383. The van der Waals surface area contributed by atoms with E-state index < -0.39 is 4.92 Å². The van der Waals surface area contributed by atoms with Crippen LogP contribution in [-0.2, 0) is 0 Å². The van der Waals surface area contributed by atoms with Gasteiger partial charge in [-0.2, -0.15) is 0 Å². The number of para-hydroxylation sites is 1. The molecule has 0 amide bonds. The normalized spacial score (nSPS) is 10.5. The van der Waals surface area contributed by atoms with Gasteiger partial charge in [-0.1, -0.05) is 23.7 Å². The molecule has 0 bridgehead atoms. The maximum absolute atomic E-state index is 11.1. The molecule has 1 heterocycles. The van der Waals surface area contributed by atoms with Gasteiger partial charge in [0, 0.05) is 17.3 Å². The zero-order valence-corrected chi connectivity index (χ0v) is 11.5. The summed E-state index contributed by atoms with van der Waals surface area (Å²) < 4.78 is 0. The van der Waals surface area contributed by atoms with Gasteiger partial charge in [0.15, 0.2) is 0 Å². The smallest absolute Gasteiger partial charge is 0.311 e. The molecule has 21 heavy (non-hydrogen) atoms. The number of aromatic nitrogens is 1. The molecule has 1 N–H and O–H groups in total. The molecule has 104 valence electrons. The van der Waals surface area contributed by atoms with Crippen molar-refractivity contribution < 1.29 is 4.92 Å². The van der Waals surface area contributed by atoms with E-state index in [0.29, 0.717) is 5.69 Å². The molecule has 0 unspecified atom stereocenters. The lowest BCUT2D eigenvalue weighted by atomic mass is 10.2. The highest BCUT2D eigenvalue weighted by Crippen LogP contribution is 2.34. The van der Waals surface area contributed by atoms with Crippen molar-refractivity contribution in [3.8, 4) is 0 Å². The zero-order valence-electron chi connectivity index (χ0n) is 10.8. The predicted octanol–water partition coefficient (Wildman–Crippen LogP) is 4.54. The Bertz CT molecular complexity index is 836. The molecular weight excluding hydrogens is 290 g/mol. The minimum absolute atomic E-state index is 0.104. The number of rotatable bonds is 3. The second kappa shape index (κ2) is 5.38. The standard InChI is InChI=1S/C15H10ClN3O2/c16-12-4-1-5-14(15(12)19(20)21)18-11-6-7-13-10(9-11)3-2-8-17-13/h1-9,18H. The number of benzene rings is 2. The van der Waals surface area contributed by atoms with Gasteiger partial charge in [0.25, 0.3) is 0 Å². The van der Waals surface area contributed by atoms with E-state index in [1.165, 1.54) is 6.07 Å². The maximum atomic E-state index is 11.1. The van der Waals surface area contributed by atoms with Crippen LogP contribution < -0.4 is 5.32 Å². The summed E-state index contributed by atoms with van der Waals surface area (Å²) in [6.45, 7) is 0. The molecule has 0 aliphatic rings. The third-order valence-corrected chi connectivity index (χ3v) is 3.36. The van der Waals surface area contributed by atoms with Crippen molar-refractivity contribution in [1.29, 1.82) is 0 Å². The Kier molecular flexibility index (Phi) is 3.41. The Morgan fingerprint density at radius 2 is 2.00 bits per heavy atom. The third kappa shape index (κ3) is 2.64. The van der Waals surface area contributed by atoms with E-state index in [1.54, 1.807) is 18.3 Å². The van der Waals surface area contributed by atoms with Crippen molar-refractivity contribution in [3.63, 3.8) is 0 Å². The third-order valence-electron chi connectivity index (χ3n) is 3.05. The topological polar surface area (TPSA) is 68.1 Å². The van der Waals surface area contributed by atoms with Crippen molar-refractivity contribution in [3.05, 3.63) is 69.9 Å². The van der Waals surface area contributed by atoms with Crippen LogP contribution in [-0.4, -0.2) is 9.91 Å². The van der Waals surface area contributed by atoms with Gasteiger partial charge in [-0.15, -0.1) is 0 Å². The average Bonchev–Trinajstić information content (AvgIpc) is 2.47. The van der Waals surface area contributed by atoms with Crippen molar-refractivity contribution in [2.24, 2.45) is 0 Å². The SMILES string of the molecule is O=[N+]([O-])c1c(Cl)cccc1Nc1ccc2ncccc2c1. The first-order valence-electron chi connectivity index (χ1n) is 6.20. The number of nitro benzene ring substituents is 1. The molecule has 6 heteroatoms. The average molecular weight is 300 g/mol. The van der Waals surface area contributed by atoms with Gasteiger partial charge >= 0.3 is 5.69 Å². The predicted molar refractivity (Wildman–Crippen MR) is 83.1 cm³/mol. The van der Waals surface area contributed by atoms with E-state index in [-0.39, 0.29) is 10.7 Å². The van der Waals surface area contributed by atoms with Crippen molar-refractivity contribution >= 4 is 39.6 Å². The second-order valence-corrected chi connectivity index (χ2v) is 4.84. The number of nitrogens with zero attached hydrogens (tertiary/aromatic N) is 2. The van der Waals surface area contributed by atoms with Crippen LogP contribution in [0, 0.1) is 10.1 Å². The highest BCUT2D eigenvalue weighted by molar-refractivity contribution is 6.33. The fourth-order valence-corrected chi connectivity index (χ4v) is 2.35. The Labute approximate surface area is 125 Å². The lowest BCUT2D eigenvalue weighted by Crippen LogP contribution is -1.97. The Morgan fingerprint density at radius 1 is 1.14 bits per heavy atom. The fourth-order valence-electron chi connectivity index (χ4n) is 2.11. The van der Waals surface area contributed by atoms with Crippen LogP contribution in [0.5, 0.6) is 0 Å². The summed E-state index contributed by atoms with van der Waals surface area (Å²) in [6, 6.07) is 14.1. The first-order valence-corrected chi connectivity index (χ1v) is 6.57. The van der Waals surface area contributed by atoms with Gasteiger partial charge in [0.1, 0.15) is 10.7 Å². The molecule has 0 aliphatic heterocycles. The Morgan fingerprint density at radius 3 is 2.81 bits per heavy atom. The molecular formula is C15H10ClN3O2. The molecule has 3 aromatic rings. The van der Waals surface area contributed by atoms with Crippen molar-refractivity contribution in [1.82, 2.24) is 4.98 Å². The van der Waals surface area contributed by atoms with Crippen LogP contribution in [0.15, 0.2) is 54.7 Å². The number of nitro groups is 1. The van der Waals surface area contributed by atoms with E-state index in [4.69, 9.17) is 11.6 Å². The number of fused-ring (bicyclic) bond motifs is 1. The minimum Gasteiger partial charge on any atom is -0.350 e. The van der Waals surface area contributed by atoms with Crippen LogP contribution in [0.2, 0.25) is 5.02 Å². The summed E-state index contributed by atoms with van der Waals surface area (Å²) in [4.78, 5) is 14.9. The van der Waals surface area contributed by atoms with Crippen LogP contribution in [0.4, 0.5) is 17.1 Å². The monoisotopic (exact) mass is 299 g/mol. The molecule has 0 saturated heterocycles. The van der Waals surface area contributed by atoms with Crippen LogP contribution in [0.1, 0.15) is 0 Å². The number of pyridine rings is 1. The number of anilines is 2. The Balaban J connectivity index is 2.02. The highest BCUT2D eigenvalue weighted by atomic mass is 35.5. The summed E-state index contributed by atoms with van der Waals surface area (Å²) in [5, 5.41) is 15.2. The van der Waals surface area contributed by atoms with Crippen LogP contribution >= 0.6 is 11.6 Å². The summed E-state index contributed by atoms with van der Waals surface area (Å²) in [5.74, 6) is 0. The molecule has 0 aliphatic carbocycles. The molecule has 0 atom stereocenters. The molecule has 2 aromatic carbocycles. The molecule has 0 saturated carbocycles. The quantitative estimate of drug-likeness (QED) is 0.569. The number of halogens is 1. The van der Waals surface area contributed by atoms with Crippen molar-refractivity contribution in [2.75, 3.05) is 5.32 Å². The van der Waals surface area contributed by atoms with Gasteiger partial charge in [-0.05, 0) is 36.4 Å².